The molecule has 0 atom stereocenters. The summed E-state index contributed by atoms with van der Waals surface area (Å²) in [4.78, 5) is 4.06. The maximum Gasteiger partial charge on any atom is 0.131 e. The molecular formula is C14H13ClN2O. The predicted molar refractivity (Wildman–Crippen MR) is 72.7 cm³/mol. The Morgan fingerprint density at radius 3 is 2.89 bits per heavy atom. The van der Waals surface area contributed by atoms with Crippen molar-refractivity contribution in [1.29, 1.82) is 0 Å². The van der Waals surface area contributed by atoms with Crippen molar-refractivity contribution in [2.75, 3.05) is 5.73 Å². The molecule has 3 nitrogen and oxygen atoms in total. The summed E-state index contributed by atoms with van der Waals surface area (Å²) < 4.78 is 5.76. The molecule has 1 aromatic carbocycles. The van der Waals surface area contributed by atoms with Gasteiger partial charge in [-0.2, -0.15) is 0 Å². The topological polar surface area (TPSA) is 48.1 Å². The molecule has 0 saturated heterocycles. The first kappa shape index (κ1) is 11.4. The van der Waals surface area contributed by atoms with E-state index in [1.807, 2.05) is 30.3 Å². The SMILES string of the molecule is Nc1ncc(Cl)cc1-c1cccc(OC2CC2)c1. The van der Waals surface area contributed by atoms with Crippen molar-refractivity contribution in [3.63, 3.8) is 0 Å². The summed E-state index contributed by atoms with van der Waals surface area (Å²) in [7, 11) is 0. The van der Waals surface area contributed by atoms with Crippen LogP contribution in [0.2, 0.25) is 5.02 Å². The Morgan fingerprint density at radius 2 is 2.11 bits per heavy atom. The van der Waals surface area contributed by atoms with Gasteiger partial charge in [0.1, 0.15) is 11.6 Å². The summed E-state index contributed by atoms with van der Waals surface area (Å²) in [5.41, 5.74) is 7.68. The van der Waals surface area contributed by atoms with Crippen LogP contribution >= 0.6 is 11.6 Å². The van der Waals surface area contributed by atoms with Gasteiger partial charge >= 0.3 is 0 Å². The number of aromatic nitrogens is 1. The molecule has 4 heteroatoms. The van der Waals surface area contributed by atoms with Gasteiger partial charge in [-0.1, -0.05) is 23.7 Å². The highest BCUT2D eigenvalue weighted by atomic mass is 35.5. The van der Waals surface area contributed by atoms with Crippen LogP contribution in [0.4, 0.5) is 5.82 Å². The molecule has 92 valence electrons. The van der Waals surface area contributed by atoms with Crippen LogP contribution in [0, 0.1) is 0 Å². The van der Waals surface area contributed by atoms with Crippen LogP contribution in [0.1, 0.15) is 12.8 Å². The lowest BCUT2D eigenvalue weighted by atomic mass is 10.1. The molecular weight excluding hydrogens is 248 g/mol. The van der Waals surface area contributed by atoms with E-state index >= 15 is 0 Å². The number of rotatable bonds is 3. The maximum absolute atomic E-state index is 5.95. The average molecular weight is 261 g/mol. The number of anilines is 1. The Kier molecular flexibility index (Phi) is 2.84. The van der Waals surface area contributed by atoms with E-state index in [2.05, 4.69) is 4.98 Å². The lowest BCUT2D eigenvalue weighted by Crippen LogP contribution is -1.97. The number of nitrogens with two attached hydrogens (primary N) is 1. The zero-order valence-electron chi connectivity index (χ0n) is 9.77. The number of halogens is 1. The van der Waals surface area contributed by atoms with Gasteiger partial charge in [0.15, 0.2) is 0 Å². The molecule has 0 amide bonds. The minimum atomic E-state index is 0.384. The molecule has 0 unspecified atom stereocenters. The second kappa shape index (κ2) is 4.50. The maximum atomic E-state index is 5.95. The van der Waals surface area contributed by atoms with Crippen molar-refractivity contribution in [3.8, 4) is 16.9 Å². The van der Waals surface area contributed by atoms with E-state index in [0.717, 1.165) is 29.7 Å². The van der Waals surface area contributed by atoms with Crippen molar-refractivity contribution in [3.05, 3.63) is 41.6 Å². The minimum absolute atomic E-state index is 0.384. The van der Waals surface area contributed by atoms with Crippen LogP contribution in [-0.4, -0.2) is 11.1 Å². The molecule has 1 aliphatic rings. The van der Waals surface area contributed by atoms with Crippen LogP contribution in [0.25, 0.3) is 11.1 Å². The first-order valence-corrected chi connectivity index (χ1v) is 6.28. The Hall–Kier alpha value is -1.74. The van der Waals surface area contributed by atoms with Gasteiger partial charge in [-0.05, 0) is 36.6 Å². The van der Waals surface area contributed by atoms with Crippen LogP contribution in [0.5, 0.6) is 5.75 Å². The second-order valence-corrected chi connectivity index (χ2v) is 4.87. The third-order valence-corrected chi connectivity index (χ3v) is 3.06. The highest BCUT2D eigenvalue weighted by Crippen LogP contribution is 2.32. The second-order valence-electron chi connectivity index (χ2n) is 4.43. The van der Waals surface area contributed by atoms with Gasteiger partial charge in [0.05, 0.1) is 11.1 Å². The van der Waals surface area contributed by atoms with Crippen LogP contribution in [-0.2, 0) is 0 Å². The first-order valence-electron chi connectivity index (χ1n) is 5.90. The number of ether oxygens (including phenoxy) is 1. The summed E-state index contributed by atoms with van der Waals surface area (Å²) in [6.45, 7) is 0. The number of nitrogens with zero attached hydrogens (tertiary/aromatic N) is 1. The molecule has 1 aliphatic carbocycles. The third-order valence-electron chi connectivity index (χ3n) is 2.86. The third kappa shape index (κ3) is 2.41. The van der Waals surface area contributed by atoms with Gasteiger partial charge in [0, 0.05) is 11.8 Å². The molecule has 18 heavy (non-hydrogen) atoms. The van der Waals surface area contributed by atoms with E-state index in [0.29, 0.717) is 16.9 Å². The highest BCUT2D eigenvalue weighted by molar-refractivity contribution is 6.30. The van der Waals surface area contributed by atoms with Gasteiger partial charge in [-0.3, -0.25) is 0 Å². The molecule has 2 aromatic rings. The Balaban J connectivity index is 1.96. The number of pyridine rings is 1. The van der Waals surface area contributed by atoms with E-state index < -0.39 is 0 Å². The Morgan fingerprint density at radius 1 is 1.28 bits per heavy atom. The number of hydrogen-bond acceptors (Lipinski definition) is 3. The monoisotopic (exact) mass is 260 g/mol. The van der Waals surface area contributed by atoms with Crippen LogP contribution in [0.3, 0.4) is 0 Å². The van der Waals surface area contributed by atoms with Crippen molar-refractivity contribution in [1.82, 2.24) is 4.98 Å². The standard InChI is InChI=1S/C14H13ClN2O/c15-10-7-13(14(16)17-8-10)9-2-1-3-12(6-9)18-11-4-5-11/h1-3,6-8,11H,4-5H2,(H2,16,17). The van der Waals surface area contributed by atoms with E-state index in [-0.39, 0.29) is 0 Å². The van der Waals surface area contributed by atoms with E-state index in [1.54, 1.807) is 6.20 Å². The van der Waals surface area contributed by atoms with Crippen LogP contribution < -0.4 is 10.5 Å². The largest absolute Gasteiger partial charge is 0.490 e. The lowest BCUT2D eigenvalue weighted by Gasteiger charge is -2.09. The summed E-state index contributed by atoms with van der Waals surface area (Å²) in [5.74, 6) is 1.34. The van der Waals surface area contributed by atoms with Crippen LogP contribution in [0.15, 0.2) is 36.5 Å². The van der Waals surface area contributed by atoms with Crippen molar-refractivity contribution in [2.45, 2.75) is 18.9 Å². The smallest absolute Gasteiger partial charge is 0.131 e. The lowest BCUT2D eigenvalue weighted by molar-refractivity contribution is 0.303. The number of benzene rings is 1. The molecule has 0 spiro atoms. The molecule has 0 radical (unpaired) electrons. The summed E-state index contributed by atoms with van der Waals surface area (Å²) in [6.07, 6.45) is 4.22. The molecule has 2 N–H and O–H groups in total. The number of nitrogen functional groups attached to an aromatic ring is 1. The fourth-order valence-electron chi connectivity index (χ4n) is 1.80. The molecule has 0 aliphatic heterocycles. The van der Waals surface area contributed by atoms with Gasteiger partial charge < -0.3 is 10.5 Å². The fourth-order valence-corrected chi connectivity index (χ4v) is 1.95. The van der Waals surface area contributed by atoms with Gasteiger partial charge in [0.25, 0.3) is 0 Å². The van der Waals surface area contributed by atoms with Gasteiger partial charge in [-0.15, -0.1) is 0 Å². The first-order chi connectivity index (χ1) is 8.72. The quantitative estimate of drug-likeness (QED) is 0.918. The van der Waals surface area contributed by atoms with Gasteiger partial charge in [0.2, 0.25) is 0 Å². The zero-order valence-corrected chi connectivity index (χ0v) is 10.5. The molecule has 3 rings (SSSR count). The normalized spacial score (nSPS) is 14.5. The van der Waals surface area contributed by atoms with E-state index in [9.17, 15) is 0 Å². The van der Waals surface area contributed by atoms with Crippen molar-refractivity contribution >= 4 is 17.4 Å². The number of hydrogen-bond donors (Lipinski definition) is 1. The zero-order chi connectivity index (χ0) is 12.5. The Labute approximate surface area is 111 Å². The Bertz CT molecular complexity index is 582. The van der Waals surface area contributed by atoms with E-state index in [1.165, 1.54) is 0 Å². The average Bonchev–Trinajstić information content (AvgIpc) is 3.16. The summed E-state index contributed by atoms with van der Waals surface area (Å²) in [5, 5.41) is 0.577. The van der Waals surface area contributed by atoms with E-state index in [4.69, 9.17) is 22.1 Å². The molecule has 1 aromatic heterocycles. The van der Waals surface area contributed by atoms with Crippen molar-refractivity contribution in [2.24, 2.45) is 0 Å². The molecule has 0 bridgehead atoms. The summed E-state index contributed by atoms with van der Waals surface area (Å²) >= 11 is 5.95. The highest BCUT2D eigenvalue weighted by Gasteiger charge is 2.23. The van der Waals surface area contributed by atoms with Crippen molar-refractivity contribution < 1.29 is 4.74 Å². The molecule has 1 fully saturated rings. The summed E-state index contributed by atoms with van der Waals surface area (Å²) in [6, 6.07) is 9.68. The fraction of sp³-hybridized carbons (Fsp3) is 0.214. The predicted octanol–water partition coefficient (Wildman–Crippen LogP) is 3.53. The van der Waals surface area contributed by atoms with Gasteiger partial charge in [-0.25, -0.2) is 4.98 Å². The minimum Gasteiger partial charge on any atom is -0.490 e. The molecule has 1 heterocycles. The molecule has 1 saturated carbocycles.